The molecule has 5 heteroatoms. The minimum absolute atomic E-state index is 0.0562. The van der Waals surface area contributed by atoms with Crippen molar-refractivity contribution in [2.45, 2.75) is 16.2 Å². The molecular weight excluding hydrogens is 274 g/mol. The Hall–Kier alpha value is -2.14. The van der Waals surface area contributed by atoms with Crippen LogP contribution in [0.5, 0.6) is 5.75 Å². The second kappa shape index (κ2) is 6.34. The van der Waals surface area contributed by atoms with Gasteiger partial charge in [0.2, 0.25) is 0 Å². The quantitative estimate of drug-likeness (QED) is 0.828. The van der Waals surface area contributed by atoms with E-state index in [1.165, 1.54) is 7.11 Å². The van der Waals surface area contributed by atoms with Gasteiger partial charge in [-0.05, 0) is 42.5 Å². The molecule has 2 aromatic rings. The third-order valence-electron chi connectivity index (χ3n) is 2.71. The molecule has 20 heavy (non-hydrogen) atoms. The standard InChI is InChI=1S/C15H15NO3S/c1-19-14-7-6-13(8-10(14)9-15(17)18)20-12-4-2-11(16)3-5-12/h2-8H,9,16H2,1H3,(H,17,18). The molecule has 0 unspecified atom stereocenters. The maximum atomic E-state index is 10.9. The number of carboxylic acid groups (broad SMARTS) is 1. The highest BCUT2D eigenvalue weighted by atomic mass is 32.2. The number of methoxy groups -OCH3 is 1. The van der Waals surface area contributed by atoms with Crippen LogP contribution in [0.25, 0.3) is 0 Å². The largest absolute Gasteiger partial charge is 0.496 e. The number of anilines is 1. The van der Waals surface area contributed by atoms with Gasteiger partial charge in [0.1, 0.15) is 5.75 Å². The van der Waals surface area contributed by atoms with Gasteiger partial charge in [-0.2, -0.15) is 0 Å². The molecule has 0 heterocycles. The zero-order chi connectivity index (χ0) is 14.5. The number of carboxylic acids is 1. The Balaban J connectivity index is 2.23. The van der Waals surface area contributed by atoms with Crippen LogP contribution in [0.2, 0.25) is 0 Å². The Morgan fingerprint density at radius 1 is 1.20 bits per heavy atom. The Bertz CT molecular complexity index is 611. The smallest absolute Gasteiger partial charge is 0.307 e. The molecule has 3 N–H and O–H groups in total. The van der Waals surface area contributed by atoms with Gasteiger partial charge in [-0.3, -0.25) is 4.79 Å². The van der Waals surface area contributed by atoms with Gasteiger partial charge in [0.05, 0.1) is 13.5 Å². The first kappa shape index (κ1) is 14.3. The zero-order valence-electron chi connectivity index (χ0n) is 11.0. The fraction of sp³-hybridized carbons (Fsp3) is 0.133. The average Bonchev–Trinajstić information content (AvgIpc) is 2.41. The van der Waals surface area contributed by atoms with Crippen molar-refractivity contribution in [3.63, 3.8) is 0 Å². The fourth-order valence-electron chi connectivity index (χ4n) is 1.79. The highest BCUT2D eigenvalue weighted by molar-refractivity contribution is 7.99. The van der Waals surface area contributed by atoms with E-state index < -0.39 is 5.97 Å². The van der Waals surface area contributed by atoms with Crippen LogP contribution in [0.4, 0.5) is 5.69 Å². The van der Waals surface area contributed by atoms with E-state index in [2.05, 4.69) is 0 Å². The molecule has 0 radical (unpaired) electrons. The maximum absolute atomic E-state index is 10.9. The van der Waals surface area contributed by atoms with Crippen molar-refractivity contribution in [2.75, 3.05) is 12.8 Å². The van der Waals surface area contributed by atoms with Crippen molar-refractivity contribution in [3.8, 4) is 5.75 Å². The van der Waals surface area contributed by atoms with E-state index in [0.717, 1.165) is 15.5 Å². The average molecular weight is 289 g/mol. The lowest BCUT2D eigenvalue weighted by Gasteiger charge is -2.09. The second-order valence-electron chi connectivity index (χ2n) is 4.22. The van der Waals surface area contributed by atoms with Crippen molar-refractivity contribution >= 4 is 23.4 Å². The summed E-state index contributed by atoms with van der Waals surface area (Å²) in [5.41, 5.74) is 7.03. The molecule has 104 valence electrons. The molecule has 2 rings (SSSR count). The summed E-state index contributed by atoms with van der Waals surface area (Å²) in [4.78, 5) is 12.9. The zero-order valence-corrected chi connectivity index (χ0v) is 11.8. The lowest BCUT2D eigenvalue weighted by Crippen LogP contribution is -2.02. The molecule has 0 aromatic heterocycles. The summed E-state index contributed by atoms with van der Waals surface area (Å²) in [6, 6.07) is 13.1. The van der Waals surface area contributed by atoms with E-state index in [0.29, 0.717) is 11.3 Å². The lowest BCUT2D eigenvalue weighted by molar-refractivity contribution is -0.136. The van der Waals surface area contributed by atoms with Gasteiger partial charge >= 0.3 is 5.97 Å². The molecule has 0 spiro atoms. The molecule has 0 amide bonds. The van der Waals surface area contributed by atoms with Gasteiger partial charge in [-0.25, -0.2) is 0 Å². The van der Waals surface area contributed by atoms with Crippen molar-refractivity contribution in [1.82, 2.24) is 0 Å². The number of ether oxygens (including phenoxy) is 1. The van der Waals surface area contributed by atoms with Gasteiger partial charge < -0.3 is 15.6 Å². The van der Waals surface area contributed by atoms with Crippen LogP contribution in [-0.2, 0) is 11.2 Å². The van der Waals surface area contributed by atoms with Crippen LogP contribution < -0.4 is 10.5 Å². The minimum atomic E-state index is -0.877. The summed E-state index contributed by atoms with van der Waals surface area (Å²) in [5.74, 6) is -0.285. The van der Waals surface area contributed by atoms with Gasteiger partial charge in [0.25, 0.3) is 0 Å². The summed E-state index contributed by atoms with van der Waals surface area (Å²) in [5, 5.41) is 8.92. The Labute approximate surface area is 121 Å². The van der Waals surface area contributed by atoms with Crippen LogP contribution in [0.1, 0.15) is 5.56 Å². The number of nitrogens with two attached hydrogens (primary N) is 1. The third-order valence-corrected chi connectivity index (χ3v) is 3.71. The molecule has 0 saturated carbocycles. The molecule has 0 aliphatic carbocycles. The number of hydrogen-bond donors (Lipinski definition) is 2. The first-order valence-electron chi connectivity index (χ1n) is 6.00. The highest BCUT2D eigenvalue weighted by Crippen LogP contribution is 2.31. The van der Waals surface area contributed by atoms with Crippen LogP contribution in [0, 0.1) is 0 Å². The highest BCUT2D eigenvalue weighted by Gasteiger charge is 2.09. The van der Waals surface area contributed by atoms with E-state index in [-0.39, 0.29) is 6.42 Å². The summed E-state index contributed by atoms with van der Waals surface area (Å²) in [6.07, 6.45) is -0.0562. The SMILES string of the molecule is COc1ccc(Sc2ccc(N)cc2)cc1CC(=O)O. The molecule has 0 fully saturated rings. The molecule has 0 aliphatic heterocycles. The Kier molecular flexibility index (Phi) is 4.53. The summed E-state index contributed by atoms with van der Waals surface area (Å²) in [7, 11) is 1.54. The summed E-state index contributed by atoms with van der Waals surface area (Å²) in [6.45, 7) is 0. The normalized spacial score (nSPS) is 10.2. The number of carbonyl (C=O) groups is 1. The maximum Gasteiger partial charge on any atom is 0.307 e. The molecular formula is C15H15NO3S. The number of nitrogen functional groups attached to an aromatic ring is 1. The Morgan fingerprint density at radius 3 is 2.45 bits per heavy atom. The first-order chi connectivity index (χ1) is 9.58. The monoisotopic (exact) mass is 289 g/mol. The molecule has 0 bridgehead atoms. The van der Waals surface area contributed by atoms with Crippen molar-refractivity contribution < 1.29 is 14.6 Å². The van der Waals surface area contributed by atoms with E-state index in [9.17, 15) is 4.79 Å². The first-order valence-corrected chi connectivity index (χ1v) is 6.82. The third kappa shape index (κ3) is 3.68. The van der Waals surface area contributed by atoms with Crippen molar-refractivity contribution in [1.29, 1.82) is 0 Å². The van der Waals surface area contributed by atoms with Crippen molar-refractivity contribution in [3.05, 3.63) is 48.0 Å². The Morgan fingerprint density at radius 2 is 1.85 bits per heavy atom. The predicted molar refractivity (Wildman–Crippen MR) is 79.3 cm³/mol. The van der Waals surface area contributed by atoms with E-state index in [4.69, 9.17) is 15.6 Å². The van der Waals surface area contributed by atoms with Gasteiger partial charge in [-0.15, -0.1) is 0 Å². The predicted octanol–water partition coefficient (Wildman–Crippen LogP) is 3.06. The van der Waals surface area contributed by atoms with E-state index in [1.807, 2.05) is 36.4 Å². The van der Waals surface area contributed by atoms with Crippen LogP contribution >= 0.6 is 11.8 Å². The molecule has 0 atom stereocenters. The number of rotatable bonds is 5. The molecule has 0 aliphatic rings. The fourth-order valence-corrected chi connectivity index (χ4v) is 2.67. The van der Waals surface area contributed by atoms with Gasteiger partial charge in [-0.1, -0.05) is 11.8 Å². The van der Waals surface area contributed by atoms with E-state index in [1.54, 1.807) is 17.8 Å². The van der Waals surface area contributed by atoms with E-state index >= 15 is 0 Å². The number of hydrogen-bond acceptors (Lipinski definition) is 4. The molecule has 4 nitrogen and oxygen atoms in total. The lowest BCUT2D eigenvalue weighted by atomic mass is 10.1. The van der Waals surface area contributed by atoms with Crippen LogP contribution in [-0.4, -0.2) is 18.2 Å². The molecule has 0 saturated heterocycles. The van der Waals surface area contributed by atoms with Gasteiger partial charge in [0, 0.05) is 21.0 Å². The number of benzene rings is 2. The van der Waals surface area contributed by atoms with Crippen LogP contribution in [0.15, 0.2) is 52.3 Å². The number of aliphatic carboxylic acids is 1. The topological polar surface area (TPSA) is 72.5 Å². The van der Waals surface area contributed by atoms with Crippen molar-refractivity contribution in [2.24, 2.45) is 0 Å². The van der Waals surface area contributed by atoms with Crippen LogP contribution in [0.3, 0.4) is 0 Å². The second-order valence-corrected chi connectivity index (χ2v) is 5.36. The molecule has 2 aromatic carbocycles. The summed E-state index contributed by atoms with van der Waals surface area (Å²) < 4.78 is 5.18. The minimum Gasteiger partial charge on any atom is -0.496 e. The van der Waals surface area contributed by atoms with Gasteiger partial charge in [0.15, 0.2) is 0 Å². The summed E-state index contributed by atoms with van der Waals surface area (Å²) >= 11 is 1.55.